The first-order valence-corrected chi connectivity index (χ1v) is 15.5. The molecule has 4 aliphatic rings. The summed E-state index contributed by atoms with van der Waals surface area (Å²) >= 11 is 0. The third-order valence-corrected chi connectivity index (χ3v) is 10.6. The number of carbonyl (C=O) groups is 1. The summed E-state index contributed by atoms with van der Waals surface area (Å²) in [5.41, 5.74) is 0.947. The number of alkyl halides is 1. The highest BCUT2D eigenvalue weighted by Gasteiger charge is 2.51. The van der Waals surface area contributed by atoms with Gasteiger partial charge >= 0.3 is 0 Å². The molecular weight excluding hydrogens is 479 g/mol. The number of nitrogens with zero attached hydrogens (tertiary/aromatic N) is 2. The number of rotatable bonds is 8. The second kappa shape index (κ2) is 12.2. The molecule has 2 N–H and O–H groups in total. The van der Waals surface area contributed by atoms with Gasteiger partial charge in [-0.1, -0.05) is 44.2 Å². The first kappa shape index (κ1) is 27.8. The molecule has 0 bridgehead atoms. The monoisotopic (exact) mass is 528 g/mol. The lowest BCUT2D eigenvalue weighted by Crippen LogP contribution is -2.52. The number of carbonyl (C=O) groups excluding carboxylic acids is 1. The maximum atomic E-state index is 13.7. The minimum atomic E-state index is -0.637. The van der Waals surface area contributed by atoms with Crippen molar-refractivity contribution < 1.29 is 13.7 Å². The summed E-state index contributed by atoms with van der Waals surface area (Å²) in [6.45, 7) is 5.97. The third kappa shape index (κ3) is 6.34. The van der Waals surface area contributed by atoms with E-state index in [4.69, 9.17) is 9.93 Å². The number of aromatic nitrogens is 1. The summed E-state index contributed by atoms with van der Waals surface area (Å²) < 4.78 is 19.1. The van der Waals surface area contributed by atoms with Crippen LogP contribution in [-0.4, -0.2) is 53.5 Å². The molecule has 0 spiro atoms. The van der Waals surface area contributed by atoms with Gasteiger partial charge in [-0.25, -0.2) is 4.39 Å². The second-order valence-electron chi connectivity index (χ2n) is 13.4. The molecule has 3 saturated carbocycles. The van der Waals surface area contributed by atoms with Crippen LogP contribution in [0, 0.1) is 41.4 Å². The van der Waals surface area contributed by atoms with Gasteiger partial charge in [-0.3, -0.25) is 4.79 Å². The highest BCUT2D eigenvalue weighted by atomic mass is 19.1. The molecule has 1 aromatic rings. The highest BCUT2D eigenvalue weighted by molar-refractivity contribution is 5.78. The molecule has 1 saturated heterocycles. The Labute approximate surface area is 228 Å². The molecule has 38 heavy (non-hydrogen) atoms. The van der Waals surface area contributed by atoms with Crippen molar-refractivity contribution in [2.75, 3.05) is 13.1 Å². The van der Waals surface area contributed by atoms with Crippen LogP contribution < -0.4 is 5.32 Å². The number of halogens is 1. The largest absolute Gasteiger partial charge is 0.361 e. The van der Waals surface area contributed by atoms with Crippen molar-refractivity contribution in [3.05, 3.63) is 17.5 Å². The van der Waals surface area contributed by atoms with E-state index < -0.39 is 6.17 Å². The summed E-state index contributed by atoms with van der Waals surface area (Å²) in [7, 11) is 0. The van der Waals surface area contributed by atoms with Crippen molar-refractivity contribution in [2.24, 2.45) is 29.1 Å². The summed E-state index contributed by atoms with van der Waals surface area (Å²) in [5.74, 6) is 2.83. The number of hydrogen-bond donors (Lipinski definition) is 2. The number of nitrogens with one attached hydrogen (secondary N) is 2. The molecule has 1 aromatic heterocycles. The van der Waals surface area contributed by atoms with Crippen molar-refractivity contribution >= 4 is 12.1 Å². The Bertz CT molecular complexity index is 938. The molecule has 1 amide bonds. The number of likely N-dealkylation sites (tertiary alicyclic amines) is 1. The average molecular weight is 529 g/mol. The molecule has 5 atom stereocenters. The highest BCUT2D eigenvalue weighted by Crippen LogP contribution is 2.53. The van der Waals surface area contributed by atoms with Gasteiger partial charge in [0, 0.05) is 37.2 Å². The summed E-state index contributed by atoms with van der Waals surface area (Å²) in [4.78, 5) is 15.5. The summed E-state index contributed by atoms with van der Waals surface area (Å²) in [6.07, 6.45) is 15.6. The lowest BCUT2D eigenvalue weighted by atomic mass is 9.57. The van der Waals surface area contributed by atoms with Crippen molar-refractivity contribution in [1.29, 1.82) is 5.41 Å². The van der Waals surface area contributed by atoms with Crippen LogP contribution in [0.1, 0.15) is 102 Å². The molecule has 212 valence electrons. The van der Waals surface area contributed by atoms with E-state index in [1.807, 2.05) is 13.0 Å². The number of aryl methyl sites for hydroxylation is 1. The Morgan fingerprint density at radius 2 is 1.97 bits per heavy atom. The maximum Gasteiger partial charge on any atom is 0.230 e. The smallest absolute Gasteiger partial charge is 0.230 e. The summed E-state index contributed by atoms with van der Waals surface area (Å²) in [5, 5.41) is 16.2. The number of hydrogen-bond acceptors (Lipinski definition) is 5. The fourth-order valence-corrected chi connectivity index (χ4v) is 8.64. The Kier molecular flexibility index (Phi) is 8.91. The topological polar surface area (TPSA) is 82.2 Å². The molecule has 2 heterocycles. The summed E-state index contributed by atoms with van der Waals surface area (Å²) in [6, 6.07) is 2.56. The Balaban J connectivity index is 1.30. The van der Waals surface area contributed by atoms with Crippen LogP contribution in [0.4, 0.5) is 4.39 Å². The molecule has 0 radical (unpaired) electrons. The van der Waals surface area contributed by atoms with Gasteiger partial charge in [-0.05, 0) is 87.7 Å². The van der Waals surface area contributed by atoms with Crippen LogP contribution in [-0.2, 0) is 11.2 Å². The van der Waals surface area contributed by atoms with Gasteiger partial charge in [-0.15, -0.1) is 0 Å². The Morgan fingerprint density at radius 3 is 2.66 bits per heavy atom. The minimum absolute atomic E-state index is 0.132. The standard InChI is InChI=1S/C31H49FN4O2/c1-21-14-29(34-26-10-8-25(32)9-11-26)24(19-33)16-28(21)31(18-23-6-4-3-5-7-23)12-13-36(20-31)30(37)17-27-15-22(2)35-38-27/h15,19,21,23-26,28-29,33-34H,3-14,16-18,20H2,1-2H3. The van der Waals surface area contributed by atoms with Gasteiger partial charge in [0.05, 0.1) is 12.1 Å². The molecule has 5 unspecified atom stereocenters. The lowest BCUT2D eigenvalue weighted by molar-refractivity contribution is -0.130. The molecule has 3 aliphatic carbocycles. The molecule has 6 nitrogen and oxygen atoms in total. The van der Waals surface area contributed by atoms with E-state index in [-0.39, 0.29) is 23.7 Å². The first-order chi connectivity index (χ1) is 18.3. The van der Waals surface area contributed by atoms with E-state index in [0.29, 0.717) is 42.5 Å². The molecule has 0 aromatic carbocycles. The van der Waals surface area contributed by atoms with Crippen LogP contribution in [0.15, 0.2) is 10.6 Å². The van der Waals surface area contributed by atoms with Gasteiger partial charge in [0.15, 0.2) is 0 Å². The van der Waals surface area contributed by atoms with Gasteiger partial charge < -0.3 is 20.1 Å². The first-order valence-electron chi connectivity index (χ1n) is 15.5. The maximum absolute atomic E-state index is 13.7. The number of amides is 1. The van der Waals surface area contributed by atoms with Crippen molar-refractivity contribution in [1.82, 2.24) is 15.4 Å². The van der Waals surface area contributed by atoms with Crippen molar-refractivity contribution in [2.45, 2.75) is 122 Å². The van der Waals surface area contributed by atoms with E-state index in [0.717, 1.165) is 56.8 Å². The minimum Gasteiger partial charge on any atom is -0.361 e. The van der Waals surface area contributed by atoms with E-state index >= 15 is 0 Å². The van der Waals surface area contributed by atoms with Crippen LogP contribution in [0.2, 0.25) is 0 Å². The zero-order chi connectivity index (χ0) is 26.7. The zero-order valence-corrected chi connectivity index (χ0v) is 23.6. The van der Waals surface area contributed by atoms with Crippen LogP contribution >= 0.6 is 0 Å². The van der Waals surface area contributed by atoms with Crippen molar-refractivity contribution in [3.63, 3.8) is 0 Å². The van der Waals surface area contributed by atoms with E-state index in [1.54, 1.807) is 6.21 Å². The lowest BCUT2D eigenvalue weighted by Gasteiger charge is -2.50. The van der Waals surface area contributed by atoms with E-state index in [9.17, 15) is 9.18 Å². The fourth-order valence-electron chi connectivity index (χ4n) is 8.64. The molecule has 1 aliphatic heterocycles. The molecule has 5 rings (SSSR count). The third-order valence-electron chi connectivity index (χ3n) is 10.6. The van der Waals surface area contributed by atoms with Gasteiger partial charge in [0.1, 0.15) is 11.9 Å². The molecule has 7 heteroatoms. The predicted octanol–water partition coefficient (Wildman–Crippen LogP) is 6.27. The van der Waals surface area contributed by atoms with Gasteiger partial charge in [0.25, 0.3) is 0 Å². The van der Waals surface area contributed by atoms with Crippen LogP contribution in [0.25, 0.3) is 0 Å². The van der Waals surface area contributed by atoms with Crippen LogP contribution in [0.3, 0.4) is 0 Å². The van der Waals surface area contributed by atoms with Crippen LogP contribution in [0.5, 0.6) is 0 Å². The molecule has 4 fully saturated rings. The average Bonchev–Trinajstić information content (AvgIpc) is 3.52. The zero-order valence-electron chi connectivity index (χ0n) is 23.6. The Hall–Kier alpha value is -1.76. The van der Waals surface area contributed by atoms with Crippen molar-refractivity contribution in [3.8, 4) is 0 Å². The normalized spacial score (nSPS) is 36.9. The van der Waals surface area contributed by atoms with E-state index in [2.05, 4.69) is 22.3 Å². The SMILES string of the molecule is Cc1cc(CC(=O)N2CCC(CC3CCCCC3)(C3CC(C=N)C(NC4CCC(F)CC4)CC3C)C2)on1. The van der Waals surface area contributed by atoms with Gasteiger partial charge in [-0.2, -0.15) is 0 Å². The predicted molar refractivity (Wildman–Crippen MR) is 148 cm³/mol. The Morgan fingerprint density at radius 1 is 1.21 bits per heavy atom. The second-order valence-corrected chi connectivity index (χ2v) is 13.4. The quantitative estimate of drug-likeness (QED) is 0.390. The fraction of sp³-hybridized carbons (Fsp3) is 0.839. The molecular formula is C31H49FN4O2. The van der Waals surface area contributed by atoms with Gasteiger partial charge in [0.2, 0.25) is 5.91 Å². The van der Waals surface area contributed by atoms with E-state index in [1.165, 1.54) is 38.5 Å².